The minimum absolute atomic E-state index is 0.0414. The van der Waals surface area contributed by atoms with Crippen molar-refractivity contribution in [3.63, 3.8) is 0 Å². The van der Waals surface area contributed by atoms with Crippen LogP contribution in [0.15, 0.2) is 22.8 Å². The molecule has 3 nitrogen and oxygen atoms in total. The first-order valence-corrected chi connectivity index (χ1v) is 6.16. The van der Waals surface area contributed by atoms with Gasteiger partial charge < -0.3 is 5.11 Å². The standard InChI is InChI=1S/C12H15BrN2O/c1-8(2)6-15-12-9(5-14-15)3-11(13)4-10(12)7-16/h3-5,8,16H,6-7H2,1-2H3. The molecule has 0 aliphatic carbocycles. The maximum atomic E-state index is 9.38. The topological polar surface area (TPSA) is 38.0 Å². The zero-order valence-electron chi connectivity index (χ0n) is 9.44. The van der Waals surface area contributed by atoms with E-state index in [1.165, 1.54) is 0 Å². The Morgan fingerprint density at radius 2 is 2.19 bits per heavy atom. The number of aliphatic hydroxyl groups excluding tert-OH is 1. The smallest absolute Gasteiger partial charge is 0.0738 e. The van der Waals surface area contributed by atoms with E-state index in [9.17, 15) is 5.11 Å². The summed E-state index contributed by atoms with van der Waals surface area (Å²) in [6.45, 7) is 5.23. The molecule has 0 fully saturated rings. The van der Waals surface area contributed by atoms with Crippen LogP contribution in [0.1, 0.15) is 19.4 Å². The molecule has 0 unspecified atom stereocenters. The van der Waals surface area contributed by atoms with Gasteiger partial charge in [-0.25, -0.2) is 0 Å². The molecule has 0 aliphatic rings. The molecule has 4 heteroatoms. The Balaban J connectivity index is 2.60. The first kappa shape index (κ1) is 11.6. The molecule has 86 valence electrons. The van der Waals surface area contributed by atoms with Crippen LogP contribution in [-0.2, 0) is 13.2 Å². The van der Waals surface area contributed by atoms with E-state index in [0.29, 0.717) is 5.92 Å². The number of rotatable bonds is 3. The third-order valence-electron chi connectivity index (χ3n) is 2.49. The van der Waals surface area contributed by atoms with Gasteiger partial charge in [0.1, 0.15) is 0 Å². The fourth-order valence-corrected chi connectivity index (χ4v) is 2.41. The number of fused-ring (bicyclic) bond motifs is 1. The van der Waals surface area contributed by atoms with E-state index in [1.807, 2.05) is 23.0 Å². The van der Waals surface area contributed by atoms with Gasteiger partial charge in [-0.1, -0.05) is 29.8 Å². The summed E-state index contributed by atoms with van der Waals surface area (Å²) in [4.78, 5) is 0. The lowest BCUT2D eigenvalue weighted by molar-refractivity contribution is 0.282. The van der Waals surface area contributed by atoms with Crippen LogP contribution in [0.4, 0.5) is 0 Å². The average molecular weight is 283 g/mol. The summed E-state index contributed by atoms with van der Waals surface area (Å²) >= 11 is 3.44. The van der Waals surface area contributed by atoms with Crippen LogP contribution in [0.25, 0.3) is 10.9 Å². The van der Waals surface area contributed by atoms with Gasteiger partial charge in [0.2, 0.25) is 0 Å². The minimum atomic E-state index is 0.0414. The molecule has 16 heavy (non-hydrogen) atoms. The van der Waals surface area contributed by atoms with Crippen molar-refractivity contribution in [1.29, 1.82) is 0 Å². The number of benzene rings is 1. The van der Waals surface area contributed by atoms with Crippen molar-refractivity contribution in [3.8, 4) is 0 Å². The highest BCUT2D eigenvalue weighted by molar-refractivity contribution is 9.10. The molecule has 2 rings (SSSR count). The van der Waals surface area contributed by atoms with E-state index in [2.05, 4.69) is 34.9 Å². The summed E-state index contributed by atoms with van der Waals surface area (Å²) in [5.74, 6) is 0.540. The van der Waals surface area contributed by atoms with Crippen molar-refractivity contribution in [2.45, 2.75) is 27.0 Å². The Bertz CT molecular complexity index is 505. The molecule has 2 aromatic rings. The third kappa shape index (κ3) is 2.13. The summed E-state index contributed by atoms with van der Waals surface area (Å²) in [5, 5.41) is 14.8. The fraction of sp³-hybridized carbons (Fsp3) is 0.417. The van der Waals surface area contributed by atoms with Crippen LogP contribution in [0.5, 0.6) is 0 Å². The fourth-order valence-electron chi connectivity index (χ4n) is 1.89. The maximum Gasteiger partial charge on any atom is 0.0738 e. The van der Waals surface area contributed by atoms with E-state index in [1.54, 1.807) is 0 Å². The monoisotopic (exact) mass is 282 g/mol. The Morgan fingerprint density at radius 1 is 1.44 bits per heavy atom. The highest BCUT2D eigenvalue weighted by atomic mass is 79.9. The number of aromatic nitrogens is 2. The first-order chi connectivity index (χ1) is 7.61. The number of halogens is 1. The van der Waals surface area contributed by atoms with E-state index >= 15 is 0 Å². The van der Waals surface area contributed by atoms with Crippen LogP contribution >= 0.6 is 15.9 Å². The second-order valence-electron chi connectivity index (χ2n) is 4.38. The summed E-state index contributed by atoms with van der Waals surface area (Å²) < 4.78 is 2.95. The normalized spacial score (nSPS) is 11.6. The molecular weight excluding hydrogens is 268 g/mol. The predicted octanol–water partition coefficient (Wildman–Crippen LogP) is 2.95. The Hall–Kier alpha value is -0.870. The molecule has 0 spiro atoms. The Kier molecular flexibility index (Phi) is 3.30. The van der Waals surface area contributed by atoms with Crippen molar-refractivity contribution in [1.82, 2.24) is 9.78 Å². The third-order valence-corrected chi connectivity index (χ3v) is 2.94. The van der Waals surface area contributed by atoms with Gasteiger partial charge in [0.25, 0.3) is 0 Å². The summed E-state index contributed by atoms with van der Waals surface area (Å²) in [6, 6.07) is 3.97. The lowest BCUT2D eigenvalue weighted by atomic mass is 10.1. The van der Waals surface area contributed by atoms with E-state index in [4.69, 9.17) is 0 Å². The molecule has 0 amide bonds. The lowest BCUT2D eigenvalue weighted by Gasteiger charge is -2.09. The van der Waals surface area contributed by atoms with Crippen LogP contribution in [0.3, 0.4) is 0 Å². The van der Waals surface area contributed by atoms with Gasteiger partial charge >= 0.3 is 0 Å². The molecular formula is C12H15BrN2O. The van der Waals surface area contributed by atoms with E-state index in [-0.39, 0.29) is 6.61 Å². The molecule has 1 aromatic carbocycles. The van der Waals surface area contributed by atoms with Gasteiger partial charge in [-0.3, -0.25) is 4.68 Å². The largest absolute Gasteiger partial charge is 0.392 e. The highest BCUT2D eigenvalue weighted by Crippen LogP contribution is 2.24. The van der Waals surface area contributed by atoms with Gasteiger partial charge in [-0.05, 0) is 18.1 Å². The molecule has 0 bridgehead atoms. The summed E-state index contributed by atoms with van der Waals surface area (Å²) in [7, 11) is 0. The summed E-state index contributed by atoms with van der Waals surface area (Å²) in [5.41, 5.74) is 1.96. The number of aliphatic hydroxyl groups is 1. The van der Waals surface area contributed by atoms with E-state index < -0.39 is 0 Å². The van der Waals surface area contributed by atoms with Crippen LogP contribution < -0.4 is 0 Å². The molecule has 0 aliphatic heterocycles. The zero-order valence-corrected chi connectivity index (χ0v) is 11.0. The minimum Gasteiger partial charge on any atom is -0.392 e. The van der Waals surface area contributed by atoms with Gasteiger partial charge in [0, 0.05) is 22.0 Å². The lowest BCUT2D eigenvalue weighted by Crippen LogP contribution is -2.07. The van der Waals surface area contributed by atoms with Gasteiger partial charge in [0.15, 0.2) is 0 Å². The van der Waals surface area contributed by atoms with Crippen molar-refractivity contribution in [2.75, 3.05) is 0 Å². The van der Waals surface area contributed by atoms with Gasteiger partial charge in [0.05, 0.1) is 18.3 Å². The molecule has 0 atom stereocenters. The molecule has 0 saturated heterocycles. The predicted molar refractivity (Wildman–Crippen MR) is 68.2 cm³/mol. The van der Waals surface area contributed by atoms with Crippen LogP contribution in [-0.4, -0.2) is 14.9 Å². The van der Waals surface area contributed by atoms with Gasteiger partial charge in [-0.2, -0.15) is 5.10 Å². The molecule has 1 N–H and O–H groups in total. The Labute approximate surface area is 103 Å². The zero-order chi connectivity index (χ0) is 11.7. The quantitative estimate of drug-likeness (QED) is 0.940. The second kappa shape index (κ2) is 4.55. The van der Waals surface area contributed by atoms with Gasteiger partial charge in [-0.15, -0.1) is 0 Å². The number of hydrogen-bond acceptors (Lipinski definition) is 2. The number of nitrogens with zero attached hydrogens (tertiary/aromatic N) is 2. The van der Waals surface area contributed by atoms with Crippen LogP contribution in [0.2, 0.25) is 0 Å². The SMILES string of the molecule is CC(C)Cn1ncc2cc(Br)cc(CO)c21. The summed E-state index contributed by atoms with van der Waals surface area (Å²) in [6.07, 6.45) is 1.85. The van der Waals surface area contributed by atoms with Crippen molar-refractivity contribution < 1.29 is 5.11 Å². The molecule has 1 heterocycles. The first-order valence-electron chi connectivity index (χ1n) is 5.36. The van der Waals surface area contributed by atoms with Crippen molar-refractivity contribution in [2.24, 2.45) is 5.92 Å². The van der Waals surface area contributed by atoms with Crippen LogP contribution in [0, 0.1) is 5.92 Å². The Morgan fingerprint density at radius 3 is 2.81 bits per heavy atom. The molecule has 0 radical (unpaired) electrons. The maximum absolute atomic E-state index is 9.38. The van der Waals surface area contributed by atoms with E-state index in [0.717, 1.165) is 27.5 Å². The second-order valence-corrected chi connectivity index (χ2v) is 5.30. The number of hydrogen-bond donors (Lipinski definition) is 1. The average Bonchev–Trinajstić information content (AvgIpc) is 2.59. The van der Waals surface area contributed by atoms with Crippen molar-refractivity contribution in [3.05, 3.63) is 28.4 Å². The molecule has 0 saturated carbocycles. The molecule has 1 aromatic heterocycles. The highest BCUT2D eigenvalue weighted by Gasteiger charge is 2.09. The van der Waals surface area contributed by atoms with Crippen molar-refractivity contribution >= 4 is 26.8 Å².